The van der Waals surface area contributed by atoms with E-state index in [1.165, 1.54) is 10.9 Å². The molecular formula is C32H29ClN6O2. The van der Waals surface area contributed by atoms with Crippen LogP contribution in [0.5, 0.6) is 0 Å². The van der Waals surface area contributed by atoms with Gasteiger partial charge in [-0.2, -0.15) is 0 Å². The number of aliphatic imine (C=N–C) groups is 1. The Morgan fingerprint density at radius 3 is 2.44 bits per heavy atom. The number of halogens is 1. The fourth-order valence-corrected chi connectivity index (χ4v) is 4.94. The summed E-state index contributed by atoms with van der Waals surface area (Å²) >= 11 is 6.77. The third-order valence-electron chi connectivity index (χ3n) is 6.67. The number of benzene rings is 4. The zero-order valence-electron chi connectivity index (χ0n) is 22.3. The van der Waals surface area contributed by atoms with E-state index in [4.69, 9.17) is 17.3 Å². The summed E-state index contributed by atoms with van der Waals surface area (Å²) in [6.45, 7) is 0.528. The molecule has 0 unspecified atom stereocenters. The van der Waals surface area contributed by atoms with Crippen molar-refractivity contribution in [2.45, 2.75) is 19.5 Å². The summed E-state index contributed by atoms with van der Waals surface area (Å²) in [6.07, 6.45) is 1.92. The van der Waals surface area contributed by atoms with Crippen molar-refractivity contribution in [2.24, 2.45) is 10.7 Å². The Balaban J connectivity index is 1.45. The Labute approximate surface area is 242 Å². The summed E-state index contributed by atoms with van der Waals surface area (Å²) in [6, 6.07) is 30.8. The predicted molar refractivity (Wildman–Crippen MR) is 166 cm³/mol. The summed E-state index contributed by atoms with van der Waals surface area (Å²) < 4.78 is 1.40. The van der Waals surface area contributed by atoms with Crippen LogP contribution in [0.4, 0.5) is 11.5 Å². The average molecular weight is 565 g/mol. The largest absolute Gasteiger partial charge is 0.390 e. The van der Waals surface area contributed by atoms with Gasteiger partial charge in [0, 0.05) is 18.7 Å². The second kappa shape index (κ2) is 12.9. The zero-order valence-corrected chi connectivity index (χ0v) is 23.0. The van der Waals surface area contributed by atoms with Crippen LogP contribution in [0.15, 0.2) is 107 Å². The molecule has 0 fully saturated rings. The van der Waals surface area contributed by atoms with Crippen molar-refractivity contribution < 1.29 is 4.79 Å². The first-order chi connectivity index (χ1) is 20.0. The van der Waals surface area contributed by atoms with Gasteiger partial charge in [0.05, 0.1) is 17.7 Å². The van der Waals surface area contributed by atoms with Crippen LogP contribution in [-0.4, -0.2) is 28.3 Å². The Morgan fingerprint density at radius 2 is 1.66 bits per heavy atom. The van der Waals surface area contributed by atoms with E-state index in [9.17, 15) is 9.59 Å². The molecule has 0 saturated carbocycles. The second-order valence-corrected chi connectivity index (χ2v) is 9.76. The molecule has 5 rings (SSSR count). The van der Waals surface area contributed by atoms with Gasteiger partial charge in [-0.25, -0.2) is 9.98 Å². The topological polar surface area (TPSA) is 114 Å². The molecular weight excluding hydrogens is 536 g/mol. The first-order valence-corrected chi connectivity index (χ1v) is 13.6. The lowest BCUT2D eigenvalue weighted by Gasteiger charge is -2.18. The zero-order chi connectivity index (χ0) is 28.6. The number of anilines is 1. The number of carbonyl (C=O) groups is 1. The highest BCUT2D eigenvalue weighted by Crippen LogP contribution is 2.32. The first-order valence-electron chi connectivity index (χ1n) is 13.2. The van der Waals surface area contributed by atoms with E-state index in [-0.39, 0.29) is 30.0 Å². The lowest BCUT2D eigenvalue weighted by molar-refractivity contribution is -0.121. The van der Waals surface area contributed by atoms with Crippen LogP contribution in [0.2, 0.25) is 5.15 Å². The Hall–Kier alpha value is -4.95. The van der Waals surface area contributed by atoms with Gasteiger partial charge in [-0.15, -0.1) is 0 Å². The Bertz CT molecular complexity index is 1750. The average Bonchev–Trinajstić information content (AvgIpc) is 3.00. The number of nitrogens with two attached hydrogens (primary N) is 1. The lowest BCUT2D eigenvalue weighted by atomic mass is 10.0. The molecule has 1 aromatic heterocycles. The van der Waals surface area contributed by atoms with Gasteiger partial charge in [0.15, 0.2) is 11.0 Å². The van der Waals surface area contributed by atoms with Crippen molar-refractivity contribution in [1.82, 2.24) is 14.9 Å². The molecule has 0 saturated heterocycles. The van der Waals surface area contributed by atoms with Crippen molar-refractivity contribution >= 4 is 46.1 Å². The molecule has 206 valence electrons. The number of aromatic nitrogens is 2. The number of nitrogens with one attached hydrogen (secondary N) is 2. The molecule has 0 bridgehead atoms. The molecule has 0 aliphatic heterocycles. The molecule has 41 heavy (non-hydrogen) atoms. The summed E-state index contributed by atoms with van der Waals surface area (Å²) in [5.41, 5.74) is 8.75. The van der Waals surface area contributed by atoms with Gasteiger partial charge < -0.3 is 16.4 Å². The van der Waals surface area contributed by atoms with Crippen molar-refractivity contribution in [1.29, 1.82) is 0 Å². The summed E-state index contributed by atoms with van der Waals surface area (Å²) in [7, 11) is 0. The number of hydrogen-bond donors (Lipinski definition) is 3. The third-order valence-corrected chi connectivity index (χ3v) is 6.93. The molecule has 4 aromatic carbocycles. The quantitative estimate of drug-likeness (QED) is 0.157. The number of fused-ring (bicyclic) bond motifs is 1. The van der Waals surface area contributed by atoms with Crippen molar-refractivity contribution in [3.63, 3.8) is 0 Å². The highest BCUT2D eigenvalue weighted by atomic mass is 35.5. The maximum absolute atomic E-state index is 13.8. The van der Waals surface area contributed by atoms with E-state index in [1.807, 2.05) is 97.1 Å². The van der Waals surface area contributed by atoms with Crippen LogP contribution in [0, 0.1) is 0 Å². The molecule has 0 aliphatic carbocycles. The predicted octanol–water partition coefficient (Wildman–Crippen LogP) is 5.31. The summed E-state index contributed by atoms with van der Waals surface area (Å²) in [5.74, 6) is -0.242. The molecule has 1 heterocycles. The molecule has 0 radical (unpaired) electrons. The van der Waals surface area contributed by atoms with Crippen LogP contribution >= 0.6 is 11.6 Å². The molecule has 9 heteroatoms. The smallest absolute Gasteiger partial charge is 0.294 e. The maximum atomic E-state index is 13.8. The number of hydrogen-bond acceptors (Lipinski definition) is 5. The normalized spacial score (nSPS) is 11.1. The molecule has 0 aliphatic rings. The number of amides is 1. The minimum Gasteiger partial charge on any atom is -0.390 e. The molecule has 0 atom stereocenters. The SMILES string of the molecule is NC=Nc1ccc(CNC(=O)Cn2c(-c3cccc4ccccc34)c(Cl)nc(NCCc3ccccc3)c2=O)cc1. The van der Waals surface area contributed by atoms with Crippen molar-refractivity contribution in [3.05, 3.63) is 124 Å². The molecule has 5 aromatic rings. The summed E-state index contributed by atoms with van der Waals surface area (Å²) in [5, 5.41) is 8.04. The molecule has 0 spiro atoms. The minimum atomic E-state index is -0.426. The second-order valence-electron chi connectivity index (χ2n) is 9.40. The number of rotatable bonds is 10. The molecule has 8 nitrogen and oxygen atoms in total. The van der Waals surface area contributed by atoms with Crippen LogP contribution in [0.3, 0.4) is 0 Å². The van der Waals surface area contributed by atoms with E-state index in [0.29, 0.717) is 24.3 Å². The highest BCUT2D eigenvalue weighted by molar-refractivity contribution is 6.32. The first kappa shape index (κ1) is 27.6. The monoisotopic (exact) mass is 564 g/mol. The van der Waals surface area contributed by atoms with E-state index in [0.717, 1.165) is 27.5 Å². The van der Waals surface area contributed by atoms with Gasteiger partial charge in [0.2, 0.25) is 5.91 Å². The van der Waals surface area contributed by atoms with Crippen LogP contribution in [0.1, 0.15) is 11.1 Å². The minimum absolute atomic E-state index is 0.0961. The van der Waals surface area contributed by atoms with Gasteiger partial charge in [-0.3, -0.25) is 14.2 Å². The highest BCUT2D eigenvalue weighted by Gasteiger charge is 2.20. The van der Waals surface area contributed by atoms with Crippen LogP contribution in [-0.2, 0) is 24.3 Å². The summed E-state index contributed by atoms with van der Waals surface area (Å²) in [4.78, 5) is 35.4. The van der Waals surface area contributed by atoms with E-state index >= 15 is 0 Å². The van der Waals surface area contributed by atoms with Crippen molar-refractivity contribution in [3.8, 4) is 11.3 Å². The number of nitrogens with zero attached hydrogens (tertiary/aromatic N) is 3. The standard InChI is InChI=1S/C32H29ClN6O2/c33-30-29(27-12-6-10-24-9-4-5-11-26(24)27)39(20-28(40)36-19-23-13-15-25(16-14-23)37-21-34)32(41)31(38-30)35-18-17-22-7-2-1-3-8-22/h1-16,21H,17-20H2,(H2,34,37)(H,35,38)(H,36,40). The molecule has 1 amide bonds. The van der Waals surface area contributed by atoms with Crippen LogP contribution < -0.4 is 21.9 Å². The maximum Gasteiger partial charge on any atom is 0.294 e. The number of carbonyl (C=O) groups excluding carboxylic acids is 1. The van der Waals surface area contributed by atoms with E-state index in [2.05, 4.69) is 20.6 Å². The van der Waals surface area contributed by atoms with Crippen LogP contribution in [0.25, 0.3) is 22.0 Å². The van der Waals surface area contributed by atoms with Gasteiger partial charge in [-0.05, 0) is 40.5 Å². The Morgan fingerprint density at radius 1 is 0.927 bits per heavy atom. The van der Waals surface area contributed by atoms with Gasteiger partial charge in [0.25, 0.3) is 5.56 Å². The van der Waals surface area contributed by atoms with E-state index < -0.39 is 5.56 Å². The molecule has 4 N–H and O–H groups in total. The third kappa shape index (κ3) is 6.62. The Kier molecular flexibility index (Phi) is 8.71. The van der Waals surface area contributed by atoms with Gasteiger partial charge >= 0.3 is 0 Å². The lowest BCUT2D eigenvalue weighted by Crippen LogP contribution is -2.34. The van der Waals surface area contributed by atoms with Crippen molar-refractivity contribution in [2.75, 3.05) is 11.9 Å². The fraction of sp³-hybridized carbons (Fsp3) is 0.125. The fourth-order valence-electron chi connectivity index (χ4n) is 4.65. The van der Waals surface area contributed by atoms with Gasteiger partial charge in [-0.1, -0.05) is 96.5 Å². The van der Waals surface area contributed by atoms with E-state index in [1.54, 1.807) is 0 Å². The van der Waals surface area contributed by atoms with Gasteiger partial charge in [0.1, 0.15) is 6.54 Å².